The van der Waals surface area contributed by atoms with Crippen molar-refractivity contribution in [3.05, 3.63) is 42.4 Å². The Bertz CT molecular complexity index is 956. The van der Waals surface area contributed by atoms with E-state index in [9.17, 15) is 13.6 Å². The lowest BCUT2D eigenvalue weighted by Gasteiger charge is -2.12. The topological polar surface area (TPSA) is 82.2 Å². The Hall–Kier alpha value is -2.88. The molecule has 0 saturated carbocycles. The van der Waals surface area contributed by atoms with Crippen LogP contribution in [0.1, 0.15) is 12.7 Å². The number of ether oxygens (including phenoxy) is 1. The largest absolute Gasteiger partial charge is 0.469 e. The Morgan fingerprint density at radius 1 is 1.25 bits per heavy atom. The van der Waals surface area contributed by atoms with Gasteiger partial charge in [-0.3, -0.25) is 4.79 Å². The zero-order valence-electron chi connectivity index (χ0n) is 15.3. The number of aryl methyl sites for hydroxylation is 1. The summed E-state index contributed by atoms with van der Waals surface area (Å²) in [6.07, 6.45) is 1.58. The lowest BCUT2D eigenvalue weighted by molar-refractivity contribution is -0.115. The summed E-state index contributed by atoms with van der Waals surface area (Å²) in [5.41, 5.74) is 1.32. The minimum atomic E-state index is -2.89. The molecule has 0 aliphatic carbocycles. The van der Waals surface area contributed by atoms with Crippen molar-refractivity contribution < 1.29 is 22.7 Å². The number of thioether (sulfide) groups is 1. The van der Waals surface area contributed by atoms with Crippen molar-refractivity contribution in [1.82, 2.24) is 14.8 Å². The van der Waals surface area contributed by atoms with Crippen LogP contribution < -0.4 is 10.1 Å². The third kappa shape index (κ3) is 4.50. The van der Waals surface area contributed by atoms with Crippen LogP contribution in [-0.2, 0) is 11.8 Å². The standard InChI is InChI=1S/C18H18F2N4O3S/c1-10-14(8-9-26-10)15-22-23-18(24(15)3)28-11(2)16(25)21-12-4-6-13(7-5-12)27-17(19)20/h4-9,11,17H,1-3H3,(H,21,25). The van der Waals surface area contributed by atoms with Crippen molar-refractivity contribution in [3.63, 3.8) is 0 Å². The molecule has 0 aliphatic rings. The summed E-state index contributed by atoms with van der Waals surface area (Å²) < 4.78 is 35.7. The number of halogens is 2. The Labute approximate surface area is 164 Å². The maximum absolute atomic E-state index is 12.4. The van der Waals surface area contributed by atoms with E-state index in [2.05, 4.69) is 20.3 Å². The second-order valence-corrected chi connectivity index (χ2v) is 7.22. The van der Waals surface area contributed by atoms with E-state index in [1.54, 1.807) is 17.8 Å². The fourth-order valence-corrected chi connectivity index (χ4v) is 3.26. The van der Waals surface area contributed by atoms with Crippen LogP contribution in [-0.4, -0.2) is 32.5 Å². The summed E-state index contributed by atoms with van der Waals surface area (Å²) in [6, 6.07) is 7.53. The van der Waals surface area contributed by atoms with Crippen molar-refractivity contribution >= 4 is 23.4 Å². The number of furan rings is 1. The lowest BCUT2D eigenvalue weighted by Crippen LogP contribution is -2.22. The summed E-state index contributed by atoms with van der Waals surface area (Å²) in [6.45, 7) is 0.690. The first-order valence-electron chi connectivity index (χ1n) is 8.31. The maximum atomic E-state index is 12.4. The number of hydrogen-bond acceptors (Lipinski definition) is 6. The molecule has 2 heterocycles. The van der Waals surface area contributed by atoms with Crippen molar-refractivity contribution in [1.29, 1.82) is 0 Å². The molecule has 1 atom stereocenters. The van der Waals surface area contributed by atoms with E-state index in [1.807, 2.05) is 20.0 Å². The van der Waals surface area contributed by atoms with E-state index in [-0.39, 0.29) is 11.7 Å². The summed E-state index contributed by atoms with van der Waals surface area (Å²) in [5, 5.41) is 11.2. The second-order valence-electron chi connectivity index (χ2n) is 5.91. The van der Waals surface area contributed by atoms with Gasteiger partial charge in [0.1, 0.15) is 11.5 Å². The number of amides is 1. The molecule has 3 rings (SSSR count). The minimum absolute atomic E-state index is 0.0246. The summed E-state index contributed by atoms with van der Waals surface area (Å²) in [7, 11) is 1.82. The normalized spacial score (nSPS) is 12.2. The van der Waals surface area contributed by atoms with Crippen LogP contribution in [0, 0.1) is 6.92 Å². The molecule has 1 unspecified atom stereocenters. The van der Waals surface area contributed by atoms with E-state index >= 15 is 0 Å². The van der Waals surface area contributed by atoms with Crippen molar-refractivity contribution in [2.45, 2.75) is 30.9 Å². The second kappa shape index (κ2) is 8.42. The number of benzene rings is 1. The fraction of sp³-hybridized carbons (Fsp3) is 0.278. The fourth-order valence-electron chi connectivity index (χ4n) is 2.44. The minimum Gasteiger partial charge on any atom is -0.469 e. The average Bonchev–Trinajstić information content (AvgIpc) is 3.22. The highest BCUT2D eigenvalue weighted by Gasteiger charge is 2.20. The van der Waals surface area contributed by atoms with Gasteiger partial charge < -0.3 is 19.0 Å². The molecule has 0 saturated heterocycles. The Kier molecular flexibility index (Phi) is 5.98. The third-order valence-corrected chi connectivity index (χ3v) is 5.07. The molecule has 0 radical (unpaired) electrons. The van der Waals surface area contributed by atoms with Gasteiger partial charge in [0.05, 0.1) is 17.1 Å². The van der Waals surface area contributed by atoms with Crippen LogP contribution in [0.15, 0.2) is 46.2 Å². The zero-order chi connectivity index (χ0) is 20.3. The van der Waals surface area contributed by atoms with Gasteiger partial charge >= 0.3 is 6.61 Å². The van der Waals surface area contributed by atoms with E-state index in [0.717, 1.165) is 11.3 Å². The number of nitrogens with zero attached hydrogens (tertiary/aromatic N) is 3. The number of nitrogens with one attached hydrogen (secondary N) is 1. The highest BCUT2D eigenvalue weighted by Crippen LogP contribution is 2.28. The van der Waals surface area contributed by atoms with Crippen molar-refractivity contribution in [2.24, 2.45) is 7.05 Å². The molecule has 10 heteroatoms. The Morgan fingerprint density at radius 2 is 1.96 bits per heavy atom. The van der Waals surface area contributed by atoms with Gasteiger partial charge in [-0.15, -0.1) is 10.2 Å². The summed E-state index contributed by atoms with van der Waals surface area (Å²) >= 11 is 1.26. The maximum Gasteiger partial charge on any atom is 0.387 e. The molecule has 0 bridgehead atoms. The molecule has 1 amide bonds. The number of carbonyl (C=O) groups is 1. The van der Waals surface area contributed by atoms with Crippen LogP contribution >= 0.6 is 11.8 Å². The van der Waals surface area contributed by atoms with Gasteiger partial charge in [0, 0.05) is 12.7 Å². The van der Waals surface area contributed by atoms with E-state index in [4.69, 9.17) is 4.42 Å². The van der Waals surface area contributed by atoms with Crippen molar-refractivity contribution in [3.8, 4) is 17.1 Å². The molecule has 7 nitrogen and oxygen atoms in total. The SMILES string of the molecule is Cc1occc1-c1nnc(SC(C)C(=O)Nc2ccc(OC(F)F)cc2)n1C. The highest BCUT2D eigenvalue weighted by atomic mass is 32.2. The van der Waals surface area contributed by atoms with Crippen LogP contribution in [0.5, 0.6) is 5.75 Å². The number of alkyl halides is 2. The van der Waals surface area contributed by atoms with Gasteiger partial charge in [-0.1, -0.05) is 11.8 Å². The van der Waals surface area contributed by atoms with Crippen LogP contribution in [0.4, 0.5) is 14.5 Å². The van der Waals surface area contributed by atoms with E-state index in [0.29, 0.717) is 16.7 Å². The number of aromatic nitrogens is 3. The van der Waals surface area contributed by atoms with Crippen molar-refractivity contribution in [2.75, 3.05) is 5.32 Å². The molecule has 148 valence electrons. The quantitative estimate of drug-likeness (QED) is 0.593. The predicted octanol–water partition coefficient (Wildman–Crippen LogP) is 4.10. The first-order chi connectivity index (χ1) is 13.3. The van der Waals surface area contributed by atoms with Gasteiger partial charge in [0.2, 0.25) is 5.91 Å². The summed E-state index contributed by atoms with van der Waals surface area (Å²) in [4.78, 5) is 12.4. The molecular weight excluding hydrogens is 390 g/mol. The number of rotatable bonds is 7. The van der Waals surface area contributed by atoms with Gasteiger partial charge in [-0.05, 0) is 44.2 Å². The Morgan fingerprint density at radius 3 is 2.57 bits per heavy atom. The molecule has 0 fully saturated rings. The molecule has 1 aromatic carbocycles. The van der Waals surface area contributed by atoms with Gasteiger partial charge in [0.25, 0.3) is 0 Å². The smallest absolute Gasteiger partial charge is 0.387 e. The Balaban J connectivity index is 1.63. The number of carbonyl (C=O) groups excluding carboxylic acids is 1. The van der Waals surface area contributed by atoms with Crippen LogP contribution in [0.3, 0.4) is 0 Å². The average molecular weight is 408 g/mol. The molecule has 3 aromatic rings. The number of anilines is 1. The molecule has 0 aliphatic heterocycles. The first-order valence-corrected chi connectivity index (χ1v) is 9.19. The predicted molar refractivity (Wildman–Crippen MR) is 100 cm³/mol. The molecule has 0 spiro atoms. The van der Waals surface area contributed by atoms with E-state index < -0.39 is 11.9 Å². The molecular formula is C18H18F2N4O3S. The third-order valence-electron chi connectivity index (χ3n) is 3.93. The van der Waals surface area contributed by atoms with Crippen LogP contribution in [0.25, 0.3) is 11.4 Å². The number of hydrogen-bond donors (Lipinski definition) is 1. The van der Waals surface area contributed by atoms with Gasteiger partial charge in [-0.2, -0.15) is 8.78 Å². The highest BCUT2D eigenvalue weighted by molar-refractivity contribution is 8.00. The molecule has 28 heavy (non-hydrogen) atoms. The lowest BCUT2D eigenvalue weighted by atomic mass is 10.2. The van der Waals surface area contributed by atoms with E-state index in [1.165, 1.54) is 36.0 Å². The summed E-state index contributed by atoms with van der Waals surface area (Å²) in [5.74, 6) is 1.15. The first kappa shape index (κ1) is 19.9. The van der Waals surface area contributed by atoms with Gasteiger partial charge in [-0.25, -0.2) is 0 Å². The van der Waals surface area contributed by atoms with Gasteiger partial charge in [0.15, 0.2) is 11.0 Å². The molecule has 1 N–H and O–H groups in total. The zero-order valence-corrected chi connectivity index (χ0v) is 16.2. The monoisotopic (exact) mass is 408 g/mol. The van der Waals surface area contributed by atoms with Crippen LogP contribution in [0.2, 0.25) is 0 Å². The molecule has 2 aromatic heterocycles.